The first-order chi connectivity index (χ1) is 12.2. The summed E-state index contributed by atoms with van der Waals surface area (Å²) < 4.78 is 10.0. The van der Waals surface area contributed by atoms with Gasteiger partial charge in [-0.05, 0) is 51.5 Å². The molecule has 0 atom stereocenters. The van der Waals surface area contributed by atoms with Gasteiger partial charge in [-0.15, -0.1) is 0 Å². The van der Waals surface area contributed by atoms with Crippen molar-refractivity contribution in [3.63, 3.8) is 0 Å². The third-order valence-corrected chi connectivity index (χ3v) is 3.80. The van der Waals surface area contributed by atoms with Crippen molar-refractivity contribution in [1.82, 2.24) is 10.2 Å². The number of rotatable bonds is 7. The highest BCUT2D eigenvalue weighted by molar-refractivity contribution is 6.06. The van der Waals surface area contributed by atoms with Gasteiger partial charge in [0.25, 0.3) is 5.91 Å². The molecule has 0 unspecified atom stereocenters. The molecule has 1 aromatic carbocycles. The fourth-order valence-corrected chi connectivity index (χ4v) is 2.46. The normalized spacial score (nSPS) is 15.6. The highest BCUT2D eigenvalue weighted by Gasteiger charge is 2.43. The number of hydrogen-bond donors (Lipinski definition) is 1. The maximum Gasteiger partial charge on any atom is 0.338 e. The van der Waals surface area contributed by atoms with Gasteiger partial charge in [0, 0.05) is 13.0 Å². The van der Waals surface area contributed by atoms with Gasteiger partial charge < -0.3 is 14.8 Å². The number of urea groups is 1. The van der Waals surface area contributed by atoms with Crippen molar-refractivity contribution in [3.05, 3.63) is 29.8 Å². The number of benzene rings is 1. The van der Waals surface area contributed by atoms with Crippen LogP contribution in [0.2, 0.25) is 0 Å². The largest absolute Gasteiger partial charge is 0.462 e. The third kappa shape index (κ3) is 4.59. The van der Waals surface area contributed by atoms with Gasteiger partial charge in [0.15, 0.2) is 0 Å². The minimum atomic E-state index is -0.918. The quantitative estimate of drug-likeness (QED) is 0.451. The first kappa shape index (κ1) is 19.4. The van der Waals surface area contributed by atoms with Crippen LogP contribution in [-0.2, 0) is 14.3 Å². The van der Waals surface area contributed by atoms with Crippen LogP contribution in [0.1, 0.15) is 44.0 Å². The second-order valence-corrected chi connectivity index (χ2v) is 6.33. The zero-order chi connectivity index (χ0) is 19.3. The lowest BCUT2D eigenvalue weighted by Crippen LogP contribution is -2.40. The number of ether oxygens (including phenoxy) is 2. The monoisotopic (exact) mass is 362 g/mol. The number of amides is 3. The first-order valence-corrected chi connectivity index (χ1v) is 8.36. The van der Waals surface area contributed by atoms with E-state index in [1.165, 1.54) is 24.3 Å². The smallest absolute Gasteiger partial charge is 0.338 e. The number of nitrogens with zero attached hydrogens (tertiary/aromatic N) is 1. The molecule has 0 aliphatic carbocycles. The second-order valence-electron chi connectivity index (χ2n) is 6.33. The molecular formula is C18H22N2O6. The van der Waals surface area contributed by atoms with Gasteiger partial charge in [-0.3, -0.25) is 14.5 Å². The molecule has 3 amide bonds. The van der Waals surface area contributed by atoms with E-state index in [1.54, 1.807) is 20.8 Å². The molecule has 2 rings (SSSR count). The molecular weight excluding hydrogens is 340 g/mol. The van der Waals surface area contributed by atoms with Crippen molar-refractivity contribution < 1.29 is 28.7 Å². The molecule has 1 N–H and O–H groups in total. The SMILES string of the molecule is CCOC(=O)c1ccc(OC(=O)CCCN2C(=O)NC(C)(C)C2=O)cc1. The summed E-state index contributed by atoms with van der Waals surface area (Å²) in [6.45, 7) is 5.40. The number of carbonyl (C=O) groups excluding carboxylic acids is 4. The van der Waals surface area contributed by atoms with E-state index in [0.29, 0.717) is 17.7 Å². The standard InChI is InChI=1S/C18H22N2O6/c1-4-25-15(22)12-7-9-13(10-8-12)26-14(21)6-5-11-20-16(23)18(2,3)19-17(20)24/h7-10H,4-6,11H2,1-3H3,(H,19,24). The van der Waals surface area contributed by atoms with Crippen LogP contribution < -0.4 is 10.1 Å². The summed E-state index contributed by atoms with van der Waals surface area (Å²) in [7, 11) is 0. The molecule has 0 saturated carbocycles. The highest BCUT2D eigenvalue weighted by atomic mass is 16.5. The Hall–Kier alpha value is -2.90. The van der Waals surface area contributed by atoms with Crippen LogP contribution in [0.3, 0.4) is 0 Å². The van der Waals surface area contributed by atoms with Crippen molar-refractivity contribution in [2.24, 2.45) is 0 Å². The molecule has 1 aliphatic heterocycles. The topological polar surface area (TPSA) is 102 Å². The lowest BCUT2D eigenvalue weighted by Gasteiger charge is -2.15. The summed E-state index contributed by atoms with van der Waals surface area (Å²) in [5, 5.41) is 2.58. The lowest BCUT2D eigenvalue weighted by molar-refractivity contribution is -0.135. The Bertz CT molecular complexity index is 711. The van der Waals surface area contributed by atoms with E-state index in [0.717, 1.165) is 4.90 Å². The van der Waals surface area contributed by atoms with E-state index >= 15 is 0 Å². The van der Waals surface area contributed by atoms with E-state index in [9.17, 15) is 19.2 Å². The molecule has 0 aromatic heterocycles. The Kier molecular flexibility index (Phi) is 5.97. The number of nitrogens with one attached hydrogen (secondary N) is 1. The Morgan fingerprint density at radius 1 is 1.15 bits per heavy atom. The predicted molar refractivity (Wildman–Crippen MR) is 91.6 cm³/mol. The van der Waals surface area contributed by atoms with Crippen LogP contribution in [0.15, 0.2) is 24.3 Å². The van der Waals surface area contributed by atoms with Crippen molar-refractivity contribution >= 4 is 23.9 Å². The zero-order valence-corrected chi connectivity index (χ0v) is 15.0. The van der Waals surface area contributed by atoms with Crippen LogP contribution in [0, 0.1) is 0 Å². The maximum atomic E-state index is 12.0. The van der Waals surface area contributed by atoms with Crippen LogP contribution in [0.5, 0.6) is 5.75 Å². The molecule has 0 radical (unpaired) electrons. The summed E-state index contributed by atoms with van der Waals surface area (Å²) in [4.78, 5) is 48.3. The minimum absolute atomic E-state index is 0.0527. The van der Waals surface area contributed by atoms with Gasteiger partial charge in [0.2, 0.25) is 0 Å². The summed E-state index contributed by atoms with van der Waals surface area (Å²) >= 11 is 0. The summed E-state index contributed by atoms with van der Waals surface area (Å²) in [5.74, 6) is -0.938. The van der Waals surface area contributed by atoms with Gasteiger partial charge in [-0.25, -0.2) is 9.59 Å². The zero-order valence-electron chi connectivity index (χ0n) is 15.0. The molecule has 0 bridgehead atoms. The highest BCUT2D eigenvalue weighted by Crippen LogP contribution is 2.18. The Labute approximate surface area is 151 Å². The number of carbonyl (C=O) groups is 4. The molecule has 8 nitrogen and oxygen atoms in total. The fraction of sp³-hybridized carbons (Fsp3) is 0.444. The number of hydrogen-bond acceptors (Lipinski definition) is 6. The molecule has 1 saturated heterocycles. The maximum absolute atomic E-state index is 12.0. The van der Waals surface area contributed by atoms with Crippen molar-refractivity contribution in [3.8, 4) is 5.75 Å². The Morgan fingerprint density at radius 2 is 1.81 bits per heavy atom. The van der Waals surface area contributed by atoms with Crippen LogP contribution >= 0.6 is 0 Å². The van der Waals surface area contributed by atoms with Crippen LogP contribution in [0.4, 0.5) is 4.79 Å². The van der Waals surface area contributed by atoms with Gasteiger partial charge in [0.05, 0.1) is 12.2 Å². The van der Waals surface area contributed by atoms with Gasteiger partial charge >= 0.3 is 18.0 Å². The van der Waals surface area contributed by atoms with E-state index < -0.39 is 23.5 Å². The number of imide groups is 1. The van der Waals surface area contributed by atoms with E-state index in [2.05, 4.69) is 5.32 Å². The molecule has 26 heavy (non-hydrogen) atoms. The summed E-state index contributed by atoms with van der Waals surface area (Å²) in [6.07, 6.45) is 0.353. The van der Waals surface area contributed by atoms with Gasteiger partial charge in [0.1, 0.15) is 11.3 Å². The van der Waals surface area contributed by atoms with Gasteiger partial charge in [-0.1, -0.05) is 0 Å². The van der Waals surface area contributed by atoms with Gasteiger partial charge in [-0.2, -0.15) is 0 Å². The molecule has 8 heteroatoms. The van der Waals surface area contributed by atoms with Crippen LogP contribution in [-0.4, -0.2) is 47.5 Å². The Morgan fingerprint density at radius 3 is 2.35 bits per heavy atom. The molecule has 140 valence electrons. The van der Waals surface area contributed by atoms with Crippen molar-refractivity contribution in [2.45, 2.75) is 39.2 Å². The van der Waals surface area contributed by atoms with E-state index in [1.807, 2.05) is 0 Å². The molecule has 1 heterocycles. The predicted octanol–water partition coefficient (Wildman–Crippen LogP) is 1.88. The minimum Gasteiger partial charge on any atom is -0.462 e. The average Bonchev–Trinajstić information content (AvgIpc) is 2.77. The molecule has 1 aliphatic rings. The summed E-state index contributed by atoms with van der Waals surface area (Å²) in [5.41, 5.74) is -0.550. The molecule has 0 spiro atoms. The van der Waals surface area contributed by atoms with Crippen LogP contribution in [0.25, 0.3) is 0 Å². The molecule has 1 aromatic rings. The Balaban J connectivity index is 1.80. The average molecular weight is 362 g/mol. The summed E-state index contributed by atoms with van der Waals surface area (Å²) in [6, 6.07) is 5.57. The van der Waals surface area contributed by atoms with Crippen molar-refractivity contribution in [2.75, 3.05) is 13.2 Å². The first-order valence-electron chi connectivity index (χ1n) is 8.36. The second kappa shape index (κ2) is 7.99. The van der Waals surface area contributed by atoms with Crippen molar-refractivity contribution in [1.29, 1.82) is 0 Å². The lowest BCUT2D eigenvalue weighted by atomic mass is 10.1. The molecule has 1 fully saturated rings. The van der Waals surface area contributed by atoms with E-state index in [-0.39, 0.29) is 25.5 Å². The van der Waals surface area contributed by atoms with E-state index in [4.69, 9.17) is 9.47 Å². The fourth-order valence-electron chi connectivity index (χ4n) is 2.46. The number of esters is 2. The third-order valence-electron chi connectivity index (χ3n) is 3.80.